The van der Waals surface area contributed by atoms with Crippen LogP contribution in [0.15, 0.2) is 60.0 Å². The minimum atomic E-state index is -0.455. The number of aromatic nitrogens is 1. The minimum Gasteiger partial charge on any atom is -0.267 e. The summed E-state index contributed by atoms with van der Waals surface area (Å²) in [5.74, 6) is -0.331. The van der Waals surface area contributed by atoms with Crippen LogP contribution in [-0.4, -0.2) is 22.0 Å². The Morgan fingerprint density at radius 3 is 2.50 bits per heavy atom. The summed E-state index contributed by atoms with van der Waals surface area (Å²) in [5.41, 5.74) is 3.66. The number of nitro groups is 1. The van der Waals surface area contributed by atoms with E-state index in [0.717, 1.165) is 5.56 Å². The summed E-state index contributed by atoms with van der Waals surface area (Å²) in [5, 5.41) is 14.3. The van der Waals surface area contributed by atoms with Crippen LogP contribution in [0.25, 0.3) is 6.08 Å². The molecule has 0 aliphatic heterocycles. The summed E-state index contributed by atoms with van der Waals surface area (Å²) < 4.78 is 0. The van der Waals surface area contributed by atoms with Gasteiger partial charge in [-0.3, -0.25) is 19.9 Å². The average Bonchev–Trinajstić information content (AvgIpc) is 2.55. The molecule has 1 aromatic heterocycles. The Morgan fingerprint density at radius 1 is 1.18 bits per heavy atom. The Bertz CT molecular complexity index is 709. The summed E-state index contributed by atoms with van der Waals surface area (Å²) in [7, 11) is 0. The van der Waals surface area contributed by atoms with Gasteiger partial charge in [0.1, 0.15) is 0 Å². The molecule has 1 amide bonds. The Balaban J connectivity index is 1.87. The number of hydrazone groups is 1. The van der Waals surface area contributed by atoms with Crippen LogP contribution in [0.5, 0.6) is 0 Å². The second-order valence-electron chi connectivity index (χ2n) is 4.16. The van der Waals surface area contributed by atoms with E-state index >= 15 is 0 Å². The maximum absolute atomic E-state index is 11.6. The van der Waals surface area contributed by atoms with Gasteiger partial charge in [0.05, 0.1) is 4.92 Å². The van der Waals surface area contributed by atoms with E-state index in [1.807, 2.05) is 0 Å². The Hall–Kier alpha value is -3.35. The number of nitro benzene ring substituents is 1. The quantitative estimate of drug-likeness (QED) is 0.520. The fraction of sp³-hybridized carbons (Fsp3) is 0. The van der Waals surface area contributed by atoms with Crippen LogP contribution < -0.4 is 5.43 Å². The van der Waals surface area contributed by atoms with E-state index < -0.39 is 4.92 Å². The summed E-state index contributed by atoms with van der Waals surface area (Å²) in [4.78, 5) is 25.5. The molecule has 0 saturated heterocycles. The van der Waals surface area contributed by atoms with Gasteiger partial charge in [0, 0.05) is 36.3 Å². The SMILES string of the molecule is O=C(N/N=C/C=C/c1ccc([N+](=O)[O-])cc1)c1ccncc1. The predicted octanol–water partition coefficient (Wildman–Crippen LogP) is 2.42. The highest BCUT2D eigenvalue weighted by molar-refractivity contribution is 5.94. The molecule has 22 heavy (non-hydrogen) atoms. The van der Waals surface area contributed by atoms with Crippen LogP contribution in [0.2, 0.25) is 0 Å². The van der Waals surface area contributed by atoms with E-state index in [1.165, 1.54) is 30.7 Å². The number of hydrogen-bond acceptors (Lipinski definition) is 5. The number of allylic oxidation sites excluding steroid dienone is 1. The van der Waals surface area contributed by atoms with Gasteiger partial charge >= 0.3 is 0 Å². The number of pyridine rings is 1. The Labute approximate surface area is 126 Å². The Kier molecular flexibility index (Phi) is 5.09. The van der Waals surface area contributed by atoms with E-state index in [4.69, 9.17) is 0 Å². The first-order valence-electron chi connectivity index (χ1n) is 6.31. The highest BCUT2D eigenvalue weighted by Gasteiger charge is 2.02. The highest BCUT2D eigenvalue weighted by atomic mass is 16.6. The standard InChI is InChI=1S/C15H12N4O3/c20-15(13-7-10-16-11-8-13)18-17-9-1-2-12-3-5-14(6-4-12)19(21)22/h1-11H,(H,18,20)/b2-1+,17-9+. The van der Waals surface area contributed by atoms with Gasteiger partial charge in [0.2, 0.25) is 0 Å². The zero-order chi connectivity index (χ0) is 15.8. The number of nitrogens with one attached hydrogen (secondary N) is 1. The zero-order valence-corrected chi connectivity index (χ0v) is 11.4. The van der Waals surface area contributed by atoms with E-state index in [0.29, 0.717) is 5.56 Å². The van der Waals surface area contributed by atoms with Crippen LogP contribution in [0.3, 0.4) is 0 Å². The first-order chi connectivity index (χ1) is 10.7. The third-order valence-corrected chi connectivity index (χ3v) is 2.66. The van der Waals surface area contributed by atoms with Crippen molar-refractivity contribution in [3.63, 3.8) is 0 Å². The molecule has 0 saturated carbocycles. The van der Waals surface area contributed by atoms with Crippen molar-refractivity contribution in [3.8, 4) is 0 Å². The van der Waals surface area contributed by atoms with Crippen LogP contribution in [-0.2, 0) is 0 Å². The Morgan fingerprint density at radius 2 is 1.86 bits per heavy atom. The van der Waals surface area contributed by atoms with Gasteiger partial charge in [-0.25, -0.2) is 5.43 Å². The number of carbonyl (C=O) groups is 1. The fourth-order valence-electron chi connectivity index (χ4n) is 1.57. The number of benzene rings is 1. The first kappa shape index (κ1) is 15.0. The first-order valence-corrected chi connectivity index (χ1v) is 6.31. The van der Waals surface area contributed by atoms with Gasteiger partial charge in [-0.2, -0.15) is 5.10 Å². The lowest BCUT2D eigenvalue weighted by Crippen LogP contribution is -2.17. The second kappa shape index (κ2) is 7.44. The summed E-state index contributed by atoms with van der Waals surface area (Å²) in [6, 6.07) is 9.25. The van der Waals surface area contributed by atoms with Crippen LogP contribution >= 0.6 is 0 Å². The molecule has 1 aromatic carbocycles. The molecule has 0 spiro atoms. The second-order valence-corrected chi connectivity index (χ2v) is 4.16. The molecule has 1 N–H and O–H groups in total. The topological polar surface area (TPSA) is 97.5 Å². The van der Waals surface area contributed by atoms with E-state index in [2.05, 4.69) is 15.5 Å². The fourth-order valence-corrected chi connectivity index (χ4v) is 1.57. The molecule has 0 fully saturated rings. The summed E-state index contributed by atoms with van der Waals surface area (Å²) >= 11 is 0. The molecule has 110 valence electrons. The molecule has 0 atom stereocenters. The number of amides is 1. The smallest absolute Gasteiger partial charge is 0.267 e. The highest BCUT2D eigenvalue weighted by Crippen LogP contribution is 2.12. The van der Waals surface area contributed by atoms with E-state index in [1.54, 1.807) is 36.4 Å². The number of nitrogens with zero attached hydrogens (tertiary/aromatic N) is 3. The molecule has 0 aliphatic rings. The van der Waals surface area contributed by atoms with Gasteiger partial charge in [-0.1, -0.05) is 6.08 Å². The molecule has 0 radical (unpaired) electrons. The summed E-state index contributed by atoms with van der Waals surface area (Å²) in [6.07, 6.45) is 7.79. The number of rotatable bonds is 5. The van der Waals surface area contributed by atoms with Crippen molar-refractivity contribution < 1.29 is 9.72 Å². The normalized spacial score (nSPS) is 10.9. The van der Waals surface area contributed by atoms with Gasteiger partial charge < -0.3 is 0 Å². The van der Waals surface area contributed by atoms with Crippen molar-refractivity contribution in [1.82, 2.24) is 10.4 Å². The zero-order valence-electron chi connectivity index (χ0n) is 11.4. The molecule has 7 nitrogen and oxygen atoms in total. The molecule has 0 bridgehead atoms. The molecule has 0 aliphatic carbocycles. The van der Waals surface area contributed by atoms with Gasteiger partial charge in [0.15, 0.2) is 0 Å². The van der Waals surface area contributed by atoms with Crippen molar-refractivity contribution in [1.29, 1.82) is 0 Å². The minimum absolute atomic E-state index is 0.0374. The van der Waals surface area contributed by atoms with E-state index in [9.17, 15) is 14.9 Å². The molecular formula is C15H12N4O3. The third kappa shape index (κ3) is 4.34. The lowest BCUT2D eigenvalue weighted by atomic mass is 10.2. The third-order valence-electron chi connectivity index (χ3n) is 2.66. The monoisotopic (exact) mass is 296 g/mol. The lowest BCUT2D eigenvalue weighted by Gasteiger charge is -1.97. The average molecular weight is 296 g/mol. The molecule has 2 rings (SSSR count). The molecule has 7 heteroatoms. The van der Waals surface area contributed by atoms with Crippen LogP contribution in [0.1, 0.15) is 15.9 Å². The van der Waals surface area contributed by atoms with Crippen molar-refractivity contribution >= 4 is 23.9 Å². The van der Waals surface area contributed by atoms with Crippen molar-refractivity contribution in [3.05, 3.63) is 76.1 Å². The van der Waals surface area contributed by atoms with E-state index in [-0.39, 0.29) is 11.6 Å². The van der Waals surface area contributed by atoms with Gasteiger partial charge in [0.25, 0.3) is 11.6 Å². The van der Waals surface area contributed by atoms with Crippen LogP contribution in [0.4, 0.5) is 5.69 Å². The van der Waals surface area contributed by atoms with Crippen LogP contribution in [0, 0.1) is 10.1 Å². The van der Waals surface area contributed by atoms with Crippen molar-refractivity contribution in [2.45, 2.75) is 0 Å². The van der Waals surface area contributed by atoms with Crippen molar-refractivity contribution in [2.24, 2.45) is 5.10 Å². The maximum atomic E-state index is 11.6. The molecule has 0 unspecified atom stereocenters. The lowest BCUT2D eigenvalue weighted by molar-refractivity contribution is -0.384. The van der Waals surface area contributed by atoms with Crippen molar-refractivity contribution in [2.75, 3.05) is 0 Å². The number of hydrogen-bond donors (Lipinski definition) is 1. The predicted molar refractivity (Wildman–Crippen MR) is 82.3 cm³/mol. The van der Waals surface area contributed by atoms with Gasteiger partial charge in [-0.05, 0) is 35.9 Å². The molecular weight excluding hydrogens is 284 g/mol. The number of carbonyl (C=O) groups excluding carboxylic acids is 1. The molecule has 1 heterocycles. The maximum Gasteiger partial charge on any atom is 0.271 e. The molecule has 2 aromatic rings. The largest absolute Gasteiger partial charge is 0.271 e. The summed E-state index contributed by atoms with van der Waals surface area (Å²) in [6.45, 7) is 0. The number of non-ortho nitro benzene ring substituents is 1. The van der Waals surface area contributed by atoms with Gasteiger partial charge in [-0.15, -0.1) is 0 Å².